The minimum absolute atomic E-state index is 0.339. The van der Waals surface area contributed by atoms with Crippen LogP contribution < -0.4 is 16.4 Å². The highest BCUT2D eigenvalue weighted by atomic mass is 31.1. The average molecular weight is 350 g/mol. The lowest BCUT2D eigenvalue weighted by Crippen LogP contribution is -2.52. The number of nitrogens with two attached hydrogens (primary N) is 1. The SMILES string of the molecule is CC(C)[C@H](NC(=O)CNC(=O)OC(C)(C)C)C(=O)C(N)[P+](=O)O. The van der Waals surface area contributed by atoms with Crippen LogP contribution in [0, 0.1) is 5.92 Å². The van der Waals surface area contributed by atoms with Gasteiger partial charge in [-0.3, -0.25) is 15.3 Å². The van der Waals surface area contributed by atoms with Crippen molar-refractivity contribution < 1.29 is 28.6 Å². The van der Waals surface area contributed by atoms with Gasteiger partial charge in [0.25, 0.3) is 5.78 Å². The smallest absolute Gasteiger partial charge is 0.444 e. The molecule has 5 N–H and O–H groups in total. The van der Waals surface area contributed by atoms with Gasteiger partial charge in [0.2, 0.25) is 11.7 Å². The summed E-state index contributed by atoms with van der Waals surface area (Å²) in [5.41, 5.74) is 4.64. The summed E-state index contributed by atoms with van der Waals surface area (Å²) in [4.78, 5) is 44.2. The van der Waals surface area contributed by atoms with Crippen molar-refractivity contribution in [3.63, 3.8) is 0 Å². The molecular weight excluding hydrogens is 325 g/mol. The summed E-state index contributed by atoms with van der Waals surface area (Å²) in [6, 6.07) is -1.02. The zero-order chi connectivity index (χ0) is 18.4. The summed E-state index contributed by atoms with van der Waals surface area (Å²) in [5, 5.41) is 4.64. The van der Waals surface area contributed by atoms with Crippen LogP contribution in [0.3, 0.4) is 0 Å². The van der Waals surface area contributed by atoms with Gasteiger partial charge in [-0.05, 0) is 31.3 Å². The summed E-state index contributed by atoms with van der Waals surface area (Å²) in [5.74, 6) is -3.29. The Morgan fingerprint density at radius 1 is 1.26 bits per heavy atom. The predicted molar refractivity (Wildman–Crippen MR) is 83.8 cm³/mol. The number of alkyl carbamates (subject to hydrolysis) is 1. The average Bonchev–Trinajstić information content (AvgIpc) is 2.38. The van der Waals surface area contributed by atoms with Gasteiger partial charge in [0.1, 0.15) is 12.1 Å². The number of carbonyl (C=O) groups excluding carboxylic acids is 3. The summed E-state index contributed by atoms with van der Waals surface area (Å²) in [6.07, 6.45) is -0.768. The molecule has 23 heavy (non-hydrogen) atoms. The first-order chi connectivity index (χ1) is 10.3. The third-order valence-electron chi connectivity index (χ3n) is 2.61. The molecule has 0 fully saturated rings. The van der Waals surface area contributed by atoms with E-state index in [1.54, 1.807) is 34.6 Å². The molecular formula is C13H25N3O6P+. The van der Waals surface area contributed by atoms with Crippen LogP contribution >= 0.6 is 8.03 Å². The molecule has 0 heterocycles. The number of hydrogen-bond acceptors (Lipinski definition) is 6. The van der Waals surface area contributed by atoms with E-state index in [-0.39, 0.29) is 5.92 Å². The van der Waals surface area contributed by atoms with E-state index in [9.17, 15) is 18.9 Å². The Morgan fingerprint density at radius 2 is 1.78 bits per heavy atom. The highest BCUT2D eigenvalue weighted by Crippen LogP contribution is 2.21. The highest BCUT2D eigenvalue weighted by Gasteiger charge is 2.39. The number of rotatable bonds is 7. The minimum atomic E-state index is -2.88. The molecule has 3 atom stereocenters. The maximum atomic E-state index is 12.0. The third kappa shape index (κ3) is 8.59. The first-order valence-electron chi connectivity index (χ1n) is 7.06. The largest absolute Gasteiger partial charge is 0.532 e. The van der Waals surface area contributed by atoms with Crippen LogP contribution in [0.1, 0.15) is 34.6 Å². The number of carbonyl (C=O) groups is 3. The van der Waals surface area contributed by atoms with E-state index < -0.39 is 49.8 Å². The quantitative estimate of drug-likeness (QED) is 0.481. The van der Waals surface area contributed by atoms with Gasteiger partial charge in [-0.15, -0.1) is 0 Å². The fourth-order valence-corrected chi connectivity index (χ4v) is 1.93. The highest BCUT2D eigenvalue weighted by molar-refractivity contribution is 7.40. The second-order valence-corrected chi connectivity index (χ2v) is 7.46. The van der Waals surface area contributed by atoms with Crippen LogP contribution in [0.4, 0.5) is 4.79 Å². The van der Waals surface area contributed by atoms with E-state index in [4.69, 9.17) is 15.4 Å². The molecule has 10 heteroatoms. The lowest BCUT2D eigenvalue weighted by atomic mass is 9.99. The summed E-state index contributed by atoms with van der Waals surface area (Å²) < 4.78 is 15.9. The topological polar surface area (TPSA) is 148 Å². The molecule has 0 bridgehead atoms. The molecule has 0 spiro atoms. The van der Waals surface area contributed by atoms with Crippen LogP contribution in [-0.2, 0) is 18.9 Å². The van der Waals surface area contributed by atoms with E-state index >= 15 is 0 Å². The number of ether oxygens (including phenoxy) is 1. The number of amides is 2. The van der Waals surface area contributed by atoms with Crippen LogP contribution in [-0.4, -0.2) is 46.6 Å². The molecule has 2 amide bonds. The summed E-state index contributed by atoms with van der Waals surface area (Å²) in [7, 11) is -2.88. The van der Waals surface area contributed by atoms with E-state index in [1.165, 1.54) is 0 Å². The van der Waals surface area contributed by atoms with Crippen LogP contribution in [0.2, 0.25) is 0 Å². The standard InChI is InChI=1S/C13H24N3O6P/c1-7(2)9(10(18)11(14)23(20)21)16-8(17)6-15-12(19)22-13(3,4)5/h7,9,11H,6,14H2,1-5H3,(H2-,15,16,17,19,20,21)/p+1/t9-,11?/m0/s1. The summed E-state index contributed by atoms with van der Waals surface area (Å²) >= 11 is 0. The van der Waals surface area contributed by atoms with E-state index in [0.29, 0.717) is 0 Å². The van der Waals surface area contributed by atoms with Crippen molar-refractivity contribution in [2.24, 2.45) is 11.7 Å². The Labute approximate surface area is 136 Å². The minimum Gasteiger partial charge on any atom is -0.444 e. The molecule has 0 aliphatic rings. The number of nitrogens with one attached hydrogen (secondary N) is 2. The zero-order valence-electron chi connectivity index (χ0n) is 14.0. The molecule has 0 saturated carbocycles. The molecule has 0 aliphatic carbocycles. The monoisotopic (exact) mass is 350 g/mol. The maximum Gasteiger partial charge on any atom is 0.532 e. The molecule has 0 aromatic rings. The molecule has 0 aromatic heterocycles. The fraction of sp³-hybridized carbons (Fsp3) is 0.769. The molecule has 2 unspecified atom stereocenters. The fourth-order valence-electron chi connectivity index (χ4n) is 1.55. The van der Waals surface area contributed by atoms with Crippen LogP contribution in [0.15, 0.2) is 0 Å². The van der Waals surface area contributed by atoms with Gasteiger partial charge >= 0.3 is 14.1 Å². The molecule has 0 rings (SSSR count). The van der Waals surface area contributed by atoms with Crippen molar-refractivity contribution in [1.82, 2.24) is 10.6 Å². The maximum absolute atomic E-state index is 12.0. The lowest BCUT2D eigenvalue weighted by molar-refractivity contribution is -0.128. The Kier molecular flexibility index (Phi) is 8.30. The van der Waals surface area contributed by atoms with Crippen molar-refractivity contribution in [2.45, 2.75) is 52.0 Å². The molecule has 0 radical (unpaired) electrons. The van der Waals surface area contributed by atoms with Crippen LogP contribution in [0.5, 0.6) is 0 Å². The zero-order valence-corrected chi connectivity index (χ0v) is 14.8. The molecule has 0 saturated heterocycles. The van der Waals surface area contributed by atoms with Crippen molar-refractivity contribution in [2.75, 3.05) is 6.54 Å². The van der Waals surface area contributed by atoms with Crippen molar-refractivity contribution in [3.8, 4) is 0 Å². The molecule has 132 valence electrons. The first-order valence-corrected chi connectivity index (χ1v) is 8.34. The first kappa shape index (κ1) is 21.4. The molecule has 0 aromatic carbocycles. The van der Waals surface area contributed by atoms with E-state index in [2.05, 4.69) is 10.6 Å². The van der Waals surface area contributed by atoms with E-state index in [0.717, 1.165) is 0 Å². The van der Waals surface area contributed by atoms with Crippen molar-refractivity contribution in [3.05, 3.63) is 0 Å². The van der Waals surface area contributed by atoms with Gasteiger partial charge < -0.3 is 15.4 Å². The Balaban J connectivity index is 4.61. The normalized spacial score (nSPS) is 14.7. The molecule has 0 aliphatic heterocycles. The van der Waals surface area contributed by atoms with Gasteiger partial charge in [-0.2, -0.15) is 4.89 Å². The third-order valence-corrected chi connectivity index (χ3v) is 3.34. The van der Waals surface area contributed by atoms with Crippen molar-refractivity contribution >= 4 is 25.8 Å². The Morgan fingerprint density at radius 3 is 2.17 bits per heavy atom. The number of Topliss-reactive ketones (excluding diaryl/α,β-unsaturated/α-hetero) is 1. The summed E-state index contributed by atoms with van der Waals surface area (Å²) in [6.45, 7) is 7.95. The second kappa shape index (κ2) is 8.90. The van der Waals surface area contributed by atoms with Gasteiger partial charge in [-0.25, -0.2) is 4.79 Å². The number of hydrogen-bond donors (Lipinski definition) is 4. The Hall–Kier alpha value is -1.57. The predicted octanol–water partition coefficient (Wildman–Crippen LogP) is 0.241. The van der Waals surface area contributed by atoms with Gasteiger partial charge in [0.15, 0.2) is 0 Å². The molecule has 9 nitrogen and oxygen atoms in total. The van der Waals surface area contributed by atoms with Crippen LogP contribution in [0.25, 0.3) is 0 Å². The van der Waals surface area contributed by atoms with Gasteiger partial charge in [0, 0.05) is 0 Å². The van der Waals surface area contributed by atoms with Gasteiger partial charge in [0.05, 0.1) is 6.04 Å². The van der Waals surface area contributed by atoms with Crippen molar-refractivity contribution in [1.29, 1.82) is 0 Å². The Bertz CT molecular complexity index is 475. The number of ketones is 1. The van der Waals surface area contributed by atoms with Gasteiger partial charge in [-0.1, -0.05) is 13.8 Å². The second-order valence-electron chi connectivity index (χ2n) is 6.29. The lowest BCUT2D eigenvalue weighted by Gasteiger charge is -2.22. The van der Waals surface area contributed by atoms with E-state index in [1.807, 2.05) is 0 Å².